The summed E-state index contributed by atoms with van der Waals surface area (Å²) in [6, 6.07) is 7.96. The molecule has 0 unspecified atom stereocenters. The van der Waals surface area contributed by atoms with Crippen LogP contribution in [0.15, 0.2) is 29.1 Å². The second kappa shape index (κ2) is 3.38. The van der Waals surface area contributed by atoms with Gasteiger partial charge in [-0.1, -0.05) is 12.1 Å². The van der Waals surface area contributed by atoms with Gasteiger partial charge in [0.2, 0.25) is 0 Å². The quantitative estimate of drug-likeness (QED) is 0.685. The van der Waals surface area contributed by atoms with E-state index in [9.17, 15) is 4.79 Å². The Labute approximate surface area is 95.7 Å². The molecule has 0 N–H and O–H groups in total. The first kappa shape index (κ1) is 9.71. The smallest absolute Gasteiger partial charge is 0.264 e. The maximum Gasteiger partial charge on any atom is 0.264 e. The summed E-state index contributed by atoms with van der Waals surface area (Å²) in [6.07, 6.45) is 0. The van der Waals surface area contributed by atoms with Crippen LogP contribution in [-0.2, 0) is 7.05 Å². The lowest BCUT2D eigenvalue weighted by Gasteiger charge is -2.07. The monoisotopic (exact) mass is 299 g/mol. The first-order valence-corrected chi connectivity index (χ1v) is 5.44. The van der Waals surface area contributed by atoms with Gasteiger partial charge in [-0.15, -0.1) is 0 Å². The fourth-order valence-electron chi connectivity index (χ4n) is 1.60. The number of aryl methyl sites for hydroxylation is 2. The zero-order valence-corrected chi connectivity index (χ0v) is 10.2. The van der Waals surface area contributed by atoms with E-state index in [2.05, 4.69) is 35.6 Å². The van der Waals surface area contributed by atoms with E-state index in [-0.39, 0.29) is 5.56 Å². The lowest BCUT2D eigenvalue weighted by Crippen LogP contribution is -2.19. The Bertz CT molecular complexity index is 557. The predicted molar refractivity (Wildman–Crippen MR) is 66.6 cm³/mol. The lowest BCUT2D eigenvalue weighted by molar-refractivity contribution is 0.898. The molecule has 0 saturated heterocycles. The molecule has 0 aliphatic carbocycles. The molecule has 72 valence electrons. The van der Waals surface area contributed by atoms with Crippen LogP contribution in [0.3, 0.4) is 0 Å². The summed E-state index contributed by atoms with van der Waals surface area (Å²) in [5.41, 5.74) is 2.27. The summed E-state index contributed by atoms with van der Waals surface area (Å²) in [7, 11) is 1.81. The summed E-state index contributed by atoms with van der Waals surface area (Å²) in [5, 5.41) is 1.15. The van der Waals surface area contributed by atoms with Crippen LogP contribution >= 0.6 is 22.6 Å². The second-order valence-corrected chi connectivity index (χ2v) is 4.53. The van der Waals surface area contributed by atoms with Gasteiger partial charge in [-0.25, -0.2) is 0 Å². The Morgan fingerprint density at radius 1 is 1.36 bits per heavy atom. The molecule has 3 heteroatoms. The average Bonchev–Trinajstić information content (AvgIpc) is 2.17. The SMILES string of the molecule is Cc1cccc2c1cc(I)c(=O)n2C. The van der Waals surface area contributed by atoms with Gasteiger partial charge in [0.15, 0.2) is 0 Å². The molecule has 0 aliphatic heterocycles. The molecule has 0 fully saturated rings. The maximum atomic E-state index is 11.6. The molecule has 2 rings (SSSR count). The number of fused-ring (bicyclic) bond motifs is 1. The van der Waals surface area contributed by atoms with Gasteiger partial charge in [0.1, 0.15) is 0 Å². The zero-order chi connectivity index (χ0) is 10.3. The average molecular weight is 299 g/mol. The van der Waals surface area contributed by atoms with Crippen LogP contribution in [-0.4, -0.2) is 4.57 Å². The Balaban J connectivity index is 3.06. The molecule has 2 aromatic rings. The van der Waals surface area contributed by atoms with Crippen molar-refractivity contribution in [2.45, 2.75) is 6.92 Å². The fraction of sp³-hybridized carbons (Fsp3) is 0.182. The first-order valence-electron chi connectivity index (χ1n) is 4.36. The minimum absolute atomic E-state index is 0.0729. The van der Waals surface area contributed by atoms with Crippen LogP contribution in [0.4, 0.5) is 0 Å². The largest absolute Gasteiger partial charge is 0.310 e. The van der Waals surface area contributed by atoms with Crippen molar-refractivity contribution in [3.63, 3.8) is 0 Å². The standard InChI is InChI=1S/C11H10INO/c1-7-4-3-5-10-8(7)6-9(12)11(14)13(10)2/h3-6H,1-2H3. The van der Waals surface area contributed by atoms with E-state index < -0.39 is 0 Å². The first-order chi connectivity index (χ1) is 6.61. The molecule has 1 heterocycles. The highest BCUT2D eigenvalue weighted by atomic mass is 127. The number of pyridine rings is 1. The van der Waals surface area contributed by atoms with E-state index in [1.54, 1.807) is 4.57 Å². The van der Waals surface area contributed by atoms with Gasteiger partial charge in [0.25, 0.3) is 5.56 Å². The van der Waals surface area contributed by atoms with Crippen LogP contribution in [0.5, 0.6) is 0 Å². The highest BCUT2D eigenvalue weighted by Crippen LogP contribution is 2.17. The fourth-order valence-corrected chi connectivity index (χ4v) is 2.28. The maximum absolute atomic E-state index is 11.6. The molecule has 0 atom stereocenters. The molecule has 0 bridgehead atoms. The number of benzene rings is 1. The third-order valence-electron chi connectivity index (χ3n) is 2.44. The van der Waals surface area contributed by atoms with Crippen LogP contribution in [0, 0.1) is 10.5 Å². The number of nitrogens with zero attached hydrogens (tertiary/aromatic N) is 1. The van der Waals surface area contributed by atoms with Crippen molar-refractivity contribution in [2.75, 3.05) is 0 Å². The molecule has 0 radical (unpaired) electrons. The van der Waals surface area contributed by atoms with Gasteiger partial charge in [-0.3, -0.25) is 4.79 Å². The van der Waals surface area contributed by atoms with E-state index in [0.717, 1.165) is 14.5 Å². The molecule has 0 aliphatic rings. The highest BCUT2D eigenvalue weighted by Gasteiger charge is 2.04. The predicted octanol–water partition coefficient (Wildman–Crippen LogP) is 2.45. The van der Waals surface area contributed by atoms with Crippen LogP contribution < -0.4 is 5.56 Å². The van der Waals surface area contributed by atoms with Gasteiger partial charge >= 0.3 is 0 Å². The molecule has 14 heavy (non-hydrogen) atoms. The van der Waals surface area contributed by atoms with Crippen molar-refractivity contribution in [2.24, 2.45) is 7.05 Å². The van der Waals surface area contributed by atoms with Gasteiger partial charge in [-0.05, 0) is 47.2 Å². The molecule has 1 aromatic carbocycles. The Hall–Kier alpha value is -0.840. The second-order valence-electron chi connectivity index (χ2n) is 3.36. The van der Waals surface area contributed by atoms with E-state index in [0.29, 0.717) is 0 Å². The number of hydrogen-bond acceptors (Lipinski definition) is 1. The third kappa shape index (κ3) is 1.35. The summed E-state index contributed by atoms with van der Waals surface area (Å²) in [5.74, 6) is 0. The summed E-state index contributed by atoms with van der Waals surface area (Å²) in [6.45, 7) is 2.06. The van der Waals surface area contributed by atoms with Crippen LogP contribution in [0.1, 0.15) is 5.56 Å². The molecular formula is C11H10INO. The van der Waals surface area contributed by atoms with Gasteiger partial charge in [0.05, 0.1) is 9.09 Å². The number of hydrogen-bond donors (Lipinski definition) is 0. The van der Waals surface area contributed by atoms with Crippen molar-refractivity contribution < 1.29 is 0 Å². The van der Waals surface area contributed by atoms with Crippen molar-refractivity contribution in [3.05, 3.63) is 43.8 Å². The highest BCUT2D eigenvalue weighted by molar-refractivity contribution is 14.1. The van der Waals surface area contributed by atoms with Crippen molar-refractivity contribution in [1.29, 1.82) is 0 Å². The number of halogens is 1. The van der Waals surface area contributed by atoms with Crippen molar-refractivity contribution >= 4 is 33.5 Å². The molecular weight excluding hydrogens is 289 g/mol. The molecule has 0 amide bonds. The van der Waals surface area contributed by atoms with Crippen LogP contribution in [0.2, 0.25) is 0 Å². The topological polar surface area (TPSA) is 22.0 Å². The van der Waals surface area contributed by atoms with Crippen molar-refractivity contribution in [1.82, 2.24) is 4.57 Å². The summed E-state index contributed by atoms with van der Waals surface area (Å²) in [4.78, 5) is 11.6. The number of rotatable bonds is 0. The summed E-state index contributed by atoms with van der Waals surface area (Å²) < 4.78 is 2.47. The third-order valence-corrected chi connectivity index (χ3v) is 3.22. The van der Waals surface area contributed by atoms with Gasteiger partial charge in [-0.2, -0.15) is 0 Å². The molecule has 2 nitrogen and oxygen atoms in total. The van der Waals surface area contributed by atoms with E-state index >= 15 is 0 Å². The lowest BCUT2D eigenvalue weighted by atomic mass is 10.1. The minimum Gasteiger partial charge on any atom is -0.310 e. The van der Waals surface area contributed by atoms with Gasteiger partial charge < -0.3 is 4.57 Å². The minimum atomic E-state index is 0.0729. The van der Waals surface area contributed by atoms with Crippen LogP contribution in [0.25, 0.3) is 10.9 Å². The number of aromatic nitrogens is 1. The Morgan fingerprint density at radius 3 is 2.79 bits per heavy atom. The summed E-state index contributed by atoms with van der Waals surface area (Å²) >= 11 is 2.08. The van der Waals surface area contributed by atoms with Crippen molar-refractivity contribution in [3.8, 4) is 0 Å². The Kier molecular flexibility index (Phi) is 2.34. The van der Waals surface area contributed by atoms with E-state index in [1.165, 1.54) is 5.56 Å². The van der Waals surface area contributed by atoms with Gasteiger partial charge in [0, 0.05) is 12.4 Å². The molecule has 0 saturated carbocycles. The zero-order valence-electron chi connectivity index (χ0n) is 8.04. The van der Waals surface area contributed by atoms with E-state index in [1.807, 2.05) is 25.2 Å². The molecule has 0 spiro atoms. The normalized spacial score (nSPS) is 10.8. The Morgan fingerprint density at radius 2 is 2.07 bits per heavy atom. The molecule has 1 aromatic heterocycles. The van der Waals surface area contributed by atoms with E-state index in [4.69, 9.17) is 0 Å².